The van der Waals surface area contributed by atoms with Crippen LogP contribution < -0.4 is 5.73 Å². The summed E-state index contributed by atoms with van der Waals surface area (Å²) < 4.78 is 12.6. The van der Waals surface area contributed by atoms with Crippen LogP contribution >= 0.6 is 11.6 Å². The third kappa shape index (κ3) is 1.21. The summed E-state index contributed by atoms with van der Waals surface area (Å²) in [6.45, 7) is 1.60. The van der Waals surface area contributed by atoms with E-state index >= 15 is 0 Å². The summed E-state index contributed by atoms with van der Waals surface area (Å²) in [5.74, 6) is -0.360. The molecule has 0 saturated heterocycles. The van der Waals surface area contributed by atoms with Gasteiger partial charge >= 0.3 is 0 Å². The van der Waals surface area contributed by atoms with Gasteiger partial charge in [-0.3, -0.25) is 5.73 Å². The van der Waals surface area contributed by atoms with Crippen LogP contribution in [0.2, 0.25) is 5.02 Å². The second-order valence-electron chi connectivity index (χ2n) is 2.08. The molecule has 1 rings (SSSR count). The largest absolute Gasteiger partial charge is 0.299 e. The highest BCUT2D eigenvalue weighted by Crippen LogP contribution is 2.22. The number of benzene rings is 1. The van der Waals surface area contributed by atoms with E-state index in [-0.39, 0.29) is 16.5 Å². The van der Waals surface area contributed by atoms with Crippen molar-refractivity contribution in [1.82, 2.24) is 5.73 Å². The Labute approximate surface area is 63.6 Å². The van der Waals surface area contributed by atoms with Crippen LogP contribution in [0.25, 0.3) is 0 Å². The van der Waals surface area contributed by atoms with Gasteiger partial charge in [0.1, 0.15) is 5.82 Å². The van der Waals surface area contributed by atoms with E-state index in [9.17, 15) is 4.39 Å². The third-order valence-electron chi connectivity index (χ3n) is 1.25. The SMILES string of the molecule is Cc1cc([NH])c(Cl)cc1F. The molecule has 1 nitrogen and oxygen atoms in total. The van der Waals surface area contributed by atoms with E-state index in [1.807, 2.05) is 0 Å². The van der Waals surface area contributed by atoms with Crippen molar-refractivity contribution in [3.8, 4) is 0 Å². The molecule has 0 aromatic heterocycles. The zero-order valence-electron chi connectivity index (χ0n) is 5.41. The summed E-state index contributed by atoms with van der Waals surface area (Å²) in [6.07, 6.45) is 0. The fourth-order valence-electron chi connectivity index (χ4n) is 0.657. The average Bonchev–Trinajstić information content (AvgIpc) is 1.84. The maximum Gasteiger partial charge on any atom is 0.127 e. The van der Waals surface area contributed by atoms with Crippen molar-refractivity contribution in [2.45, 2.75) is 6.92 Å². The summed E-state index contributed by atoms with van der Waals surface area (Å²) in [4.78, 5) is 0. The Bertz CT molecular complexity index is 210. The zero-order valence-corrected chi connectivity index (χ0v) is 6.17. The summed E-state index contributed by atoms with van der Waals surface area (Å²) in [5, 5.41) is 0.156. The van der Waals surface area contributed by atoms with Gasteiger partial charge in [-0.25, -0.2) is 4.39 Å². The standard InChI is InChI=1S/C7H6ClFN/c1-4-2-7(10)5(8)3-6(4)9/h2-3,10H,1H3. The lowest BCUT2D eigenvalue weighted by Crippen LogP contribution is -1.82. The molecular weight excluding hydrogens is 153 g/mol. The fourth-order valence-corrected chi connectivity index (χ4v) is 0.808. The van der Waals surface area contributed by atoms with Crippen LogP contribution in [0.1, 0.15) is 5.56 Å². The first kappa shape index (κ1) is 7.35. The van der Waals surface area contributed by atoms with Crippen molar-refractivity contribution in [1.29, 1.82) is 0 Å². The topological polar surface area (TPSA) is 23.8 Å². The molecule has 53 valence electrons. The lowest BCUT2D eigenvalue weighted by atomic mass is 10.2. The van der Waals surface area contributed by atoms with Crippen molar-refractivity contribution >= 4 is 17.3 Å². The smallest absolute Gasteiger partial charge is 0.127 e. The van der Waals surface area contributed by atoms with Gasteiger partial charge in [0.2, 0.25) is 0 Å². The quantitative estimate of drug-likeness (QED) is 0.555. The summed E-state index contributed by atoms with van der Waals surface area (Å²) in [7, 11) is 0. The Morgan fingerprint density at radius 2 is 2.10 bits per heavy atom. The van der Waals surface area contributed by atoms with Crippen molar-refractivity contribution < 1.29 is 4.39 Å². The van der Waals surface area contributed by atoms with Crippen LogP contribution in [0.15, 0.2) is 12.1 Å². The van der Waals surface area contributed by atoms with E-state index in [2.05, 4.69) is 0 Å². The van der Waals surface area contributed by atoms with Crippen LogP contribution in [0, 0.1) is 12.7 Å². The molecule has 0 saturated carbocycles. The zero-order chi connectivity index (χ0) is 7.72. The molecule has 0 bridgehead atoms. The molecule has 0 unspecified atom stereocenters. The van der Waals surface area contributed by atoms with Gasteiger partial charge in [0.15, 0.2) is 0 Å². The summed E-state index contributed by atoms with van der Waals surface area (Å²) >= 11 is 5.46. The van der Waals surface area contributed by atoms with E-state index in [1.54, 1.807) is 6.92 Å². The van der Waals surface area contributed by atoms with Crippen molar-refractivity contribution in [3.63, 3.8) is 0 Å². The summed E-state index contributed by atoms with van der Waals surface area (Å²) in [5.41, 5.74) is 7.78. The lowest BCUT2D eigenvalue weighted by molar-refractivity contribution is 0.618. The molecule has 1 N–H and O–H groups in total. The number of hydrogen-bond donors (Lipinski definition) is 0. The Hall–Kier alpha value is -0.760. The van der Waals surface area contributed by atoms with Gasteiger partial charge in [-0.1, -0.05) is 11.6 Å². The number of halogens is 2. The molecule has 0 aliphatic carbocycles. The van der Waals surface area contributed by atoms with Crippen LogP contribution in [0.5, 0.6) is 0 Å². The van der Waals surface area contributed by atoms with E-state index in [1.165, 1.54) is 6.07 Å². The Morgan fingerprint density at radius 3 is 2.60 bits per heavy atom. The van der Waals surface area contributed by atoms with Crippen LogP contribution in [-0.2, 0) is 0 Å². The molecule has 0 aliphatic rings. The first-order valence-corrected chi connectivity index (χ1v) is 3.16. The molecule has 1 aromatic carbocycles. The number of rotatable bonds is 0. The van der Waals surface area contributed by atoms with Gasteiger partial charge in [0.05, 0.1) is 10.7 Å². The minimum Gasteiger partial charge on any atom is -0.299 e. The number of nitrogens with one attached hydrogen (secondary N) is 1. The average molecular weight is 159 g/mol. The molecule has 0 amide bonds. The molecule has 0 heterocycles. The number of hydrogen-bond acceptors (Lipinski definition) is 0. The van der Waals surface area contributed by atoms with Gasteiger partial charge in [-0.2, -0.15) is 0 Å². The van der Waals surface area contributed by atoms with Gasteiger partial charge < -0.3 is 0 Å². The highest BCUT2D eigenvalue weighted by molar-refractivity contribution is 6.32. The molecule has 1 aromatic rings. The van der Waals surface area contributed by atoms with Crippen molar-refractivity contribution in [2.24, 2.45) is 0 Å². The predicted octanol–water partition coefficient (Wildman–Crippen LogP) is 2.70. The normalized spacial score (nSPS) is 9.90. The molecular formula is C7H6ClFN. The van der Waals surface area contributed by atoms with E-state index in [0.717, 1.165) is 6.07 Å². The fraction of sp³-hybridized carbons (Fsp3) is 0.143. The first-order chi connectivity index (χ1) is 4.61. The summed E-state index contributed by atoms with van der Waals surface area (Å²) in [6, 6.07) is 2.55. The van der Waals surface area contributed by atoms with Crippen LogP contribution in [-0.4, -0.2) is 0 Å². The Kier molecular flexibility index (Phi) is 1.81. The van der Waals surface area contributed by atoms with Gasteiger partial charge in [-0.15, -0.1) is 0 Å². The monoisotopic (exact) mass is 158 g/mol. The molecule has 1 radical (unpaired) electrons. The highest BCUT2D eigenvalue weighted by atomic mass is 35.5. The van der Waals surface area contributed by atoms with E-state index < -0.39 is 0 Å². The molecule has 0 fully saturated rings. The van der Waals surface area contributed by atoms with Gasteiger partial charge in [0.25, 0.3) is 0 Å². The lowest BCUT2D eigenvalue weighted by Gasteiger charge is -1.98. The predicted molar refractivity (Wildman–Crippen MR) is 38.9 cm³/mol. The Morgan fingerprint density at radius 1 is 1.50 bits per heavy atom. The molecule has 0 aliphatic heterocycles. The van der Waals surface area contributed by atoms with Gasteiger partial charge in [0, 0.05) is 0 Å². The minimum absolute atomic E-state index is 0.156. The molecule has 10 heavy (non-hydrogen) atoms. The van der Waals surface area contributed by atoms with Crippen molar-refractivity contribution in [2.75, 3.05) is 0 Å². The first-order valence-electron chi connectivity index (χ1n) is 2.78. The Balaban J connectivity index is 3.28. The minimum atomic E-state index is -0.360. The number of aryl methyl sites for hydroxylation is 1. The molecule has 3 heteroatoms. The van der Waals surface area contributed by atoms with Crippen molar-refractivity contribution in [3.05, 3.63) is 28.5 Å². The second kappa shape index (κ2) is 2.46. The van der Waals surface area contributed by atoms with E-state index in [4.69, 9.17) is 17.3 Å². The van der Waals surface area contributed by atoms with E-state index in [0.29, 0.717) is 5.56 Å². The van der Waals surface area contributed by atoms with Crippen LogP contribution in [0.4, 0.5) is 10.1 Å². The van der Waals surface area contributed by atoms with Gasteiger partial charge in [-0.05, 0) is 24.6 Å². The molecule has 0 atom stereocenters. The maximum atomic E-state index is 12.6. The maximum absolute atomic E-state index is 12.6. The van der Waals surface area contributed by atoms with Crippen LogP contribution in [0.3, 0.4) is 0 Å². The highest BCUT2D eigenvalue weighted by Gasteiger charge is 2.01. The molecule has 0 spiro atoms. The third-order valence-corrected chi connectivity index (χ3v) is 1.56. The second-order valence-corrected chi connectivity index (χ2v) is 2.49.